The zero-order chi connectivity index (χ0) is 10.6. The first kappa shape index (κ1) is 11.3. The molecule has 1 saturated carbocycles. The van der Waals surface area contributed by atoms with Crippen LogP contribution in [-0.2, 0) is 0 Å². The number of nitrogens with one attached hydrogen (secondary N) is 1. The Morgan fingerprint density at radius 2 is 2.29 bits per heavy atom. The molecule has 1 aliphatic rings. The van der Waals surface area contributed by atoms with Crippen LogP contribution in [0.25, 0.3) is 0 Å². The largest absolute Gasteiger partial charge is 0.465 e. The SMILES string of the molecule is CCCC1CC(NC(=O)O)CCC1N. The second-order valence-electron chi connectivity index (χ2n) is 4.17. The predicted molar refractivity (Wildman–Crippen MR) is 55.2 cm³/mol. The molecular weight excluding hydrogens is 180 g/mol. The standard InChI is InChI=1S/C10H20N2O2/c1-2-3-7-6-8(12-10(13)14)4-5-9(7)11/h7-9,12H,2-6,11H2,1H3,(H,13,14). The van der Waals surface area contributed by atoms with E-state index in [4.69, 9.17) is 10.8 Å². The highest BCUT2D eigenvalue weighted by molar-refractivity contribution is 5.64. The molecule has 1 fully saturated rings. The van der Waals surface area contributed by atoms with Crippen molar-refractivity contribution in [3.63, 3.8) is 0 Å². The van der Waals surface area contributed by atoms with Crippen molar-refractivity contribution in [2.24, 2.45) is 11.7 Å². The highest BCUT2D eigenvalue weighted by Gasteiger charge is 2.28. The van der Waals surface area contributed by atoms with E-state index in [1.807, 2.05) is 0 Å². The molecule has 4 N–H and O–H groups in total. The number of carbonyl (C=O) groups is 1. The monoisotopic (exact) mass is 200 g/mol. The molecule has 1 amide bonds. The van der Waals surface area contributed by atoms with Crippen molar-refractivity contribution < 1.29 is 9.90 Å². The molecular formula is C10H20N2O2. The highest BCUT2D eigenvalue weighted by Crippen LogP contribution is 2.26. The van der Waals surface area contributed by atoms with E-state index in [0.717, 1.165) is 32.1 Å². The molecule has 0 bridgehead atoms. The first-order chi connectivity index (χ1) is 6.63. The van der Waals surface area contributed by atoms with E-state index in [1.54, 1.807) is 0 Å². The highest BCUT2D eigenvalue weighted by atomic mass is 16.4. The Balaban J connectivity index is 2.40. The Morgan fingerprint density at radius 3 is 2.86 bits per heavy atom. The van der Waals surface area contributed by atoms with Crippen LogP contribution in [-0.4, -0.2) is 23.3 Å². The second-order valence-corrected chi connectivity index (χ2v) is 4.17. The van der Waals surface area contributed by atoms with Crippen LogP contribution < -0.4 is 11.1 Å². The van der Waals surface area contributed by atoms with Gasteiger partial charge in [0.05, 0.1) is 0 Å². The predicted octanol–water partition coefficient (Wildman–Crippen LogP) is 1.55. The van der Waals surface area contributed by atoms with Crippen molar-refractivity contribution in [2.45, 2.75) is 51.1 Å². The van der Waals surface area contributed by atoms with Crippen molar-refractivity contribution >= 4 is 6.09 Å². The summed E-state index contributed by atoms with van der Waals surface area (Å²) >= 11 is 0. The molecule has 14 heavy (non-hydrogen) atoms. The first-order valence-corrected chi connectivity index (χ1v) is 5.38. The van der Waals surface area contributed by atoms with E-state index in [9.17, 15) is 4.79 Å². The normalized spacial score (nSPS) is 32.6. The second kappa shape index (κ2) is 5.20. The van der Waals surface area contributed by atoms with E-state index in [-0.39, 0.29) is 12.1 Å². The molecule has 0 radical (unpaired) electrons. The summed E-state index contributed by atoms with van der Waals surface area (Å²) in [5.74, 6) is 0.491. The number of hydrogen-bond donors (Lipinski definition) is 3. The summed E-state index contributed by atoms with van der Waals surface area (Å²) in [5, 5.41) is 11.2. The average molecular weight is 200 g/mol. The van der Waals surface area contributed by atoms with E-state index in [0.29, 0.717) is 5.92 Å². The number of nitrogens with two attached hydrogens (primary N) is 1. The lowest BCUT2D eigenvalue weighted by atomic mass is 9.80. The van der Waals surface area contributed by atoms with Crippen LogP contribution in [0.1, 0.15) is 39.0 Å². The lowest BCUT2D eigenvalue weighted by molar-refractivity contribution is 0.176. The quantitative estimate of drug-likeness (QED) is 0.647. The van der Waals surface area contributed by atoms with Gasteiger partial charge in [0, 0.05) is 12.1 Å². The lowest BCUT2D eigenvalue weighted by Gasteiger charge is -2.33. The summed E-state index contributed by atoms with van der Waals surface area (Å²) in [6.07, 6.45) is 4.04. The fraction of sp³-hybridized carbons (Fsp3) is 0.900. The van der Waals surface area contributed by atoms with Crippen LogP contribution in [0.5, 0.6) is 0 Å². The first-order valence-electron chi connectivity index (χ1n) is 5.38. The van der Waals surface area contributed by atoms with Gasteiger partial charge in [0.25, 0.3) is 0 Å². The zero-order valence-corrected chi connectivity index (χ0v) is 8.70. The Kier molecular flexibility index (Phi) is 4.20. The van der Waals surface area contributed by atoms with Crippen LogP contribution in [0.4, 0.5) is 4.79 Å². The summed E-state index contributed by atoms with van der Waals surface area (Å²) in [7, 11) is 0. The summed E-state index contributed by atoms with van der Waals surface area (Å²) in [5.41, 5.74) is 5.98. The molecule has 0 aromatic heterocycles. The van der Waals surface area contributed by atoms with Gasteiger partial charge in [0.2, 0.25) is 0 Å². The maximum atomic E-state index is 10.5. The fourth-order valence-electron chi connectivity index (χ4n) is 2.30. The molecule has 82 valence electrons. The Bertz CT molecular complexity index is 197. The zero-order valence-electron chi connectivity index (χ0n) is 8.70. The Labute approximate surface area is 84.9 Å². The van der Waals surface area contributed by atoms with E-state index < -0.39 is 6.09 Å². The fourth-order valence-corrected chi connectivity index (χ4v) is 2.30. The van der Waals surface area contributed by atoms with Crippen molar-refractivity contribution in [1.29, 1.82) is 0 Å². The van der Waals surface area contributed by atoms with Crippen LogP contribution in [0.2, 0.25) is 0 Å². The minimum atomic E-state index is -0.916. The van der Waals surface area contributed by atoms with Gasteiger partial charge in [-0.1, -0.05) is 13.3 Å². The van der Waals surface area contributed by atoms with Gasteiger partial charge in [-0.25, -0.2) is 4.79 Å². The minimum Gasteiger partial charge on any atom is -0.465 e. The smallest absolute Gasteiger partial charge is 0.404 e. The molecule has 0 aromatic carbocycles. The Hall–Kier alpha value is -0.770. The average Bonchev–Trinajstić information content (AvgIpc) is 2.10. The van der Waals surface area contributed by atoms with Crippen molar-refractivity contribution in [1.82, 2.24) is 5.32 Å². The summed E-state index contributed by atoms with van der Waals surface area (Å²) in [6.45, 7) is 2.14. The lowest BCUT2D eigenvalue weighted by Crippen LogP contribution is -2.44. The molecule has 4 nitrogen and oxygen atoms in total. The topological polar surface area (TPSA) is 75.3 Å². The maximum absolute atomic E-state index is 10.5. The van der Waals surface area contributed by atoms with Gasteiger partial charge in [-0.05, 0) is 31.6 Å². The van der Waals surface area contributed by atoms with E-state index in [1.165, 1.54) is 0 Å². The van der Waals surface area contributed by atoms with E-state index in [2.05, 4.69) is 12.2 Å². The van der Waals surface area contributed by atoms with Crippen LogP contribution in [0, 0.1) is 5.92 Å². The van der Waals surface area contributed by atoms with Crippen molar-refractivity contribution in [3.05, 3.63) is 0 Å². The van der Waals surface area contributed by atoms with Gasteiger partial charge >= 0.3 is 6.09 Å². The molecule has 0 spiro atoms. The molecule has 3 unspecified atom stereocenters. The summed E-state index contributed by atoms with van der Waals surface area (Å²) in [6, 6.07) is 0.380. The maximum Gasteiger partial charge on any atom is 0.404 e. The van der Waals surface area contributed by atoms with Gasteiger partial charge < -0.3 is 16.2 Å². The third kappa shape index (κ3) is 3.18. The number of amides is 1. The number of hydrogen-bond acceptors (Lipinski definition) is 2. The Morgan fingerprint density at radius 1 is 1.57 bits per heavy atom. The third-order valence-corrected chi connectivity index (χ3v) is 3.03. The van der Waals surface area contributed by atoms with Gasteiger partial charge in [-0.15, -0.1) is 0 Å². The summed E-state index contributed by atoms with van der Waals surface area (Å²) in [4.78, 5) is 10.5. The molecule has 0 aromatic rings. The van der Waals surface area contributed by atoms with Crippen molar-refractivity contribution in [2.75, 3.05) is 0 Å². The number of carboxylic acid groups (broad SMARTS) is 1. The molecule has 1 aliphatic carbocycles. The molecule has 0 aliphatic heterocycles. The molecule has 0 heterocycles. The van der Waals surface area contributed by atoms with E-state index >= 15 is 0 Å². The molecule has 1 rings (SSSR count). The van der Waals surface area contributed by atoms with Crippen LogP contribution in [0.15, 0.2) is 0 Å². The van der Waals surface area contributed by atoms with Crippen LogP contribution >= 0.6 is 0 Å². The minimum absolute atomic E-state index is 0.115. The van der Waals surface area contributed by atoms with Gasteiger partial charge in [-0.2, -0.15) is 0 Å². The molecule has 3 atom stereocenters. The van der Waals surface area contributed by atoms with Crippen molar-refractivity contribution in [3.8, 4) is 0 Å². The van der Waals surface area contributed by atoms with Crippen LogP contribution in [0.3, 0.4) is 0 Å². The molecule has 0 saturated heterocycles. The van der Waals surface area contributed by atoms with Gasteiger partial charge in [-0.3, -0.25) is 0 Å². The summed E-state index contributed by atoms with van der Waals surface area (Å²) < 4.78 is 0. The van der Waals surface area contributed by atoms with Gasteiger partial charge in [0.15, 0.2) is 0 Å². The third-order valence-electron chi connectivity index (χ3n) is 3.03. The molecule has 4 heteroatoms. The van der Waals surface area contributed by atoms with Gasteiger partial charge in [0.1, 0.15) is 0 Å². The number of rotatable bonds is 3.